The van der Waals surface area contributed by atoms with Crippen LogP contribution in [0.3, 0.4) is 0 Å². The lowest BCUT2D eigenvalue weighted by molar-refractivity contribution is -0.140. The maximum Gasteiger partial charge on any atom is 0.408 e. The molecule has 0 saturated heterocycles. The molecule has 0 aromatic heterocycles. The van der Waals surface area contributed by atoms with E-state index >= 15 is 0 Å². The molecular weight excluding hydrogens is 528 g/mol. The van der Waals surface area contributed by atoms with Gasteiger partial charge in [0, 0.05) is 5.56 Å². The monoisotopic (exact) mass is 560 g/mol. The Labute approximate surface area is 232 Å². The third-order valence-electron chi connectivity index (χ3n) is 5.39. The van der Waals surface area contributed by atoms with Crippen molar-refractivity contribution in [1.82, 2.24) is 10.2 Å². The van der Waals surface area contributed by atoms with Crippen LogP contribution < -0.4 is 10.6 Å². The smallest absolute Gasteiger partial charge is 0.408 e. The molecule has 2 aromatic carbocycles. The number of alkyl carbamates (subject to hydrolysis) is 1. The Morgan fingerprint density at radius 1 is 1.18 bits per heavy atom. The van der Waals surface area contributed by atoms with E-state index < -0.39 is 42.1 Å². The van der Waals surface area contributed by atoms with Gasteiger partial charge in [-0.15, -0.1) is 0 Å². The number of carbonyl (C=O) groups is 3. The zero-order valence-electron chi connectivity index (χ0n) is 22.1. The largest absolute Gasteiger partial charge is 0.508 e. The van der Waals surface area contributed by atoms with Crippen LogP contribution in [0.2, 0.25) is 5.02 Å². The number of thioether (sulfide) groups is 1. The molecule has 204 valence electrons. The topological polar surface area (TPSA) is 132 Å². The highest BCUT2D eigenvalue weighted by atomic mass is 35.5. The first-order valence-electron chi connectivity index (χ1n) is 11.9. The quantitative estimate of drug-likeness (QED) is 0.347. The van der Waals surface area contributed by atoms with Crippen LogP contribution in [0.4, 0.5) is 10.5 Å². The van der Waals surface area contributed by atoms with E-state index in [0.29, 0.717) is 17.0 Å². The average Bonchev–Trinajstić information content (AvgIpc) is 2.83. The summed E-state index contributed by atoms with van der Waals surface area (Å²) >= 11 is 7.79. The van der Waals surface area contributed by atoms with Crippen molar-refractivity contribution in [2.45, 2.75) is 51.8 Å². The van der Waals surface area contributed by atoms with Gasteiger partial charge in [0.2, 0.25) is 5.91 Å². The third kappa shape index (κ3) is 8.57. The Bertz CT molecular complexity index is 1170. The van der Waals surface area contributed by atoms with E-state index in [1.165, 1.54) is 23.9 Å². The summed E-state index contributed by atoms with van der Waals surface area (Å²) in [4.78, 5) is 41.2. The van der Waals surface area contributed by atoms with Crippen LogP contribution in [-0.2, 0) is 14.3 Å². The third-order valence-corrected chi connectivity index (χ3v) is 6.34. The Morgan fingerprint density at radius 3 is 2.45 bits per heavy atom. The number of nitrogens with one attached hydrogen (secondary N) is 2. The van der Waals surface area contributed by atoms with Gasteiger partial charge in [0.15, 0.2) is 0 Å². The molecule has 3 N–H and O–H groups in total. The van der Waals surface area contributed by atoms with Crippen LogP contribution in [0.1, 0.15) is 44.4 Å². The van der Waals surface area contributed by atoms with Crippen LogP contribution in [-0.4, -0.2) is 58.1 Å². The number of aryl methyl sites for hydroxylation is 1. The highest BCUT2D eigenvalue weighted by molar-refractivity contribution is 7.98. The predicted molar refractivity (Wildman–Crippen MR) is 149 cm³/mol. The number of nitriles is 1. The summed E-state index contributed by atoms with van der Waals surface area (Å²) in [6.45, 7) is 6.37. The number of nitrogens with zero attached hydrogens (tertiary/aromatic N) is 2. The zero-order chi connectivity index (χ0) is 28.5. The van der Waals surface area contributed by atoms with Gasteiger partial charge >= 0.3 is 6.09 Å². The highest BCUT2D eigenvalue weighted by Gasteiger charge is 2.37. The molecule has 0 aliphatic rings. The van der Waals surface area contributed by atoms with Gasteiger partial charge in [0.05, 0.1) is 16.8 Å². The maximum atomic E-state index is 13.9. The first kappa shape index (κ1) is 30.8. The van der Waals surface area contributed by atoms with Crippen molar-refractivity contribution in [2.24, 2.45) is 0 Å². The number of phenols is 1. The van der Waals surface area contributed by atoms with Crippen molar-refractivity contribution >= 4 is 47.0 Å². The number of hydrogen-bond acceptors (Lipinski definition) is 7. The molecule has 0 bridgehead atoms. The summed E-state index contributed by atoms with van der Waals surface area (Å²) in [6.07, 6.45) is 1.27. The van der Waals surface area contributed by atoms with Gasteiger partial charge in [-0.25, -0.2) is 4.79 Å². The summed E-state index contributed by atoms with van der Waals surface area (Å²) in [5, 5.41) is 25.9. The van der Waals surface area contributed by atoms with Crippen LogP contribution >= 0.6 is 23.4 Å². The van der Waals surface area contributed by atoms with Crippen LogP contribution in [0.15, 0.2) is 42.5 Å². The van der Waals surface area contributed by atoms with E-state index in [-0.39, 0.29) is 22.8 Å². The molecule has 0 fully saturated rings. The molecule has 9 nitrogen and oxygen atoms in total. The first-order chi connectivity index (χ1) is 17.9. The number of carbonyl (C=O) groups excluding carboxylic acids is 3. The second-order valence-electron chi connectivity index (χ2n) is 9.49. The van der Waals surface area contributed by atoms with Gasteiger partial charge < -0.3 is 25.4 Å². The number of benzene rings is 2. The summed E-state index contributed by atoms with van der Waals surface area (Å²) in [5.41, 5.74) is 0.340. The van der Waals surface area contributed by atoms with E-state index in [2.05, 4.69) is 10.6 Å². The summed E-state index contributed by atoms with van der Waals surface area (Å²) < 4.78 is 5.33. The lowest BCUT2D eigenvalue weighted by Crippen LogP contribution is -2.52. The van der Waals surface area contributed by atoms with Gasteiger partial charge in [-0.3, -0.25) is 9.59 Å². The van der Waals surface area contributed by atoms with Crippen LogP contribution in [0, 0.1) is 18.3 Å². The fourth-order valence-corrected chi connectivity index (χ4v) is 4.41. The van der Waals surface area contributed by atoms with Gasteiger partial charge in [0.25, 0.3) is 5.91 Å². The van der Waals surface area contributed by atoms with Crippen molar-refractivity contribution in [3.63, 3.8) is 0 Å². The summed E-state index contributed by atoms with van der Waals surface area (Å²) in [7, 11) is 0. The summed E-state index contributed by atoms with van der Waals surface area (Å²) in [6, 6.07) is 10.6. The molecule has 0 radical (unpaired) electrons. The molecule has 0 saturated carbocycles. The minimum Gasteiger partial charge on any atom is -0.508 e. The lowest BCUT2D eigenvalue weighted by atomic mass is 10.0. The molecule has 3 amide bonds. The Hall–Kier alpha value is -3.42. The summed E-state index contributed by atoms with van der Waals surface area (Å²) in [5.74, 6) is -1.09. The zero-order valence-corrected chi connectivity index (χ0v) is 23.7. The minimum atomic E-state index is -1.41. The average molecular weight is 561 g/mol. The number of para-hydroxylation sites is 2. The number of halogens is 1. The number of hydrogen-bond donors (Lipinski definition) is 3. The minimum absolute atomic E-state index is 0.110. The van der Waals surface area contributed by atoms with Crippen LogP contribution in [0.25, 0.3) is 0 Å². The number of ether oxygens (including phenoxy) is 1. The maximum absolute atomic E-state index is 13.9. The number of rotatable bonds is 10. The van der Waals surface area contributed by atoms with Gasteiger partial charge in [-0.2, -0.15) is 17.0 Å². The molecule has 2 rings (SSSR count). The fraction of sp³-hybridized carbons (Fsp3) is 0.407. The number of anilines is 1. The molecule has 0 heterocycles. The van der Waals surface area contributed by atoms with Crippen molar-refractivity contribution in [2.75, 3.05) is 23.9 Å². The molecular formula is C27H33ClN4O5S. The first-order valence-corrected chi connectivity index (χ1v) is 13.7. The highest BCUT2D eigenvalue weighted by Crippen LogP contribution is 2.33. The van der Waals surface area contributed by atoms with E-state index in [1.54, 1.807) is 58.0 Å². The van der Waals surface area contributed by atoms with E-state index in [1.807, 2.05) is 12.3 Å². The molecule has 2 unspecified atom stereocenters. The molecule has 11 heteroatoms. The number of aromatic hydroxyl groups is 1. The number of amides is 3. The van der Waals surface area contributed by atoms with Crippen molar-refractivity contribution in [3.05, 3.63) is 58.6 Å². The van der Waals surface area contributed by atoms with Gasteiger partial charge in [0.1, 0.15) is 30.0 Å². The molecule has 0 spiro atoms. The van der Waals surface area contributed by atoms with E-state index in [9.17, 15) is 24.8 Å². The van der Waals surface area contributed by atoms with E-state index in [0.717, 1.165) is 4.90 Å². The Balaban J connectivity index is 2.54. The standard InChI is InChI=1S/C27H33ClN4O5S/c1-17-9-8-11-19(28)22(17)31-24(34)23(18-10-6-7-12-21(18)33)32(15-14-29)25(35)20(13-16-38-5)30-26(36)37-27(2,3)4/h6-12,20,23,33H,13,15-16H2,1-5H3,(H,30,36)(H,31,34). The fourth-order valence-electron chi connectivity index (χ4n) is 3.67. The number of phenolic OH excluding ortho intramolecular Hbond substituents is 1. The second-order valence-corrected chi connectivity index (χ2v) is 10.9. The predicted octanol–water partition coefficient (Wildman–Crippen LogP) is 5.03. The SMILES string of the molecule is CSCCC(NC(=O)OC(C)(C)C)C(=O)N(CC#N)C(C(=O)Nc1c(C)cccc1Cl)c1ccccc1O. The van der Waals surface area contributed by atoms with Crippen molar-refractivity contribution in [3.8, 4) is 11.8 Å². The Morgan fingerprint density at radius 2 is 1.87 bits per heavy atom. The van der Waals surface area contributed by atoms with Crippen LogP contribution in [0.5, 0.6) is 5.75 Å². The molecule has 0 aliphatic heterocycles. The normalized spacial score (nSPS) is 12.6. The molecule has 38 heavy (non-hydrogen) atoms. The Kier molecular flexibility index (Phi) is 11.3. The lowest BCUT2D eigenvalue weighted by Gasteiger charge is -2.33. The molecule has 2 atom stereocenters. The van der Waals surface area contributed by atoms with E-state index in [4.69, 9.17) is 16.3 Å². The second kappa shape index (κ2) is 13.9. The van der Waals surface area contributed by atoms with Crippen molar-refractivity contribution in [1.29, 1.82) is 5.26 Å². The van der Waals surface area contributed by atoms with Gasteiger partial charge in [-0.05, 0) is 63.8 Å². The van der Waals surface area contributed by atoms with Crippen molar-refractivity contribution < 1.29 is 24.2 Å². The molecule has 0 aliphatic carbocycles. The van der Waals surface area contributed by atoms with Gasteiger partial charge in [-0.1, -0.05) is 41.9 Å². The molecule has 2 aromatic rings.